The van der Waals surface area contributed by atoms with Crippen LogP contribution in [0.4, 0.5) is 0 Å². The Morgan fingerprint density at radius 3 is 0.674 bits per heavy atom. The molecule has 0 atom stereocenters. The molecule has 0 fully saturated rings. The first-order valence-corrected chi connectivity index (χ1v) is 19.2. The van der Waals surface area contributed by atoms with E-state index >= 15 is 0 Å². The van der Waals surface area contributed by atoms with Crippen LogP contribution in [-0.2, 0) is 109 Å². The van der Waals surface area contributed by atoms with Gasteiger partial charge in [0, 0.05) is 0 Å². The van der Waals surface area contributed by atoms with E-state index in [9.17, 15) is 0 Å². The summed E-state index contributed by atoms with van der Waals surface area (Å²) in [5.41, 5.74) is -0.614. The van der Waals surface area contributed by atoms with Crippen LogP contribution in [0.1, 0.15) is 22.3 Å². The van der Waals surface area contributed by atoms with Gasteiger partial charge in [0.05, 0.1) is 0 Å². The number of benzene rings is 4. The van der Waals surface area contributed by atoms with Gasteiger partial charge in [0.15, 0.2) is 0 Å². The Kier molecular flexibility index (Phi) is 25.8. The van der Waals surface area contributed by atoms with Gasteiger partial charge in [-0.1, -0.05) is 95.3 Å². The maximum absolute atomic E-state index is 5.66. The van der Waals surface area contributed by atoms with Crippen LogP contribution in [-0.4, -0.2) is 0 Å². The zero-order valence-corrected chi connectivity index (χ0v) is 40.2. The van der Waals surface area contributed by atoms with Gasteiger partial charge in [-0.3, -0.25) is 0 Å². The first-order chi connectivity index (χ1) is 17.9. The molecule has 4 nitrogen and oxygen atoms in total. The second-order valence-corrected chi connectivity index (χ2v) is 18.8. The van der Waals surface area contributed by atoms with Crippen molar-refractivity contribution in [1.82, 2.24) is 0 Å². The summed E-state index contributed by atoms with van der Waals surface area (Å²) in [5, 5.41) is 0. The van der Waals surface area contributed by atoms with E-state index < -0.39 is 11.4 Å². The predicted molar refractivity (Wildman–Crippen MR) is 188 cm³/mol. The summed E-state index contributed by atoms with van der Waals surface area (Å²) in [7, 11) is 0. The van der Waals surface area contributed by atoms with Gasteiger partial charge in [-0.15, -0.1) is 0 Å². The minimum Gasteiger partial charge on any atom is -2.00 e. The Morgan fingerprint density at radius 2 is 0.535 bits per heavy atom. The van der Waals surface area contributed by atoms with Gasteiger partial charge in [0.2, 0.25) is 0 Å². The Hall–Kier alpha value is 0.650. The maximum Gasteiger partial charge on any atom is 2.00 e. The molecular formula is C28H30O4P2S6Zn3+2. The van der Waals surface area contributed by atoms with E-state index in [0.29, 0.717) is 23.0 Å². The monoisotopic (exact) mass is 876 g/mol. The van der Waals surface area contributed by atoms with Crippen molar-refractivity contribution in [2.24, 2.45) is 0 Å². The SMILES string of the molecule is Cc1ccc(OP(=S)(S)Oc2ccc(C)cc2)cc1.Cc1ccc(OP(=S)(S)Oc2ccc(C)cc2)cc1.[S-2].[S-2].[Zn+2].[Zn+2].[Zn+2]. The van der Waals surface area contributed by atoms with Crippen molar-refractivity contribution in [2.45, 2.75) is 27.7 Å². The average Bonchev–Trinajstić information content (AvgIpc) is 2.85. The second kappa shape index (κ2) is 23.1. The summed E-state index contributed by atoms with van der Waals surface area (Å²) in [4.78, 5) is 0. The molecule has 0 aliphatic heterocycles. The molecule has 0 aromatic heterocycles. The molecule has 0 aliphatic rings. The summed E-state index contributed by atoms with van der Waals surface area (Å²) in [6.07, 6.45) is 0. The van der Waals surface area contributed by atoms with Crippen molar-refractivity contribution in [3.63, 3.8) is 0 Å². The Balaban J connectivity index is -0.000000667. The largest absolute Gasteiger partial charge is 2.00 e. The van der Waals surface area contributed by atoms with Gasteiger partial charge in [0.1, 0.15) is 23.0 Å². The summed E-state index contributed by atoms with van der Waals surface area (Å²) >= 11 is 19.3. The molecule has 216 valence electrons. The number of aryl methyl sites for hydroxylation is 4. The number of rotatable bonds is 8. The molecule has 4 aromatic carbocycles. The van der Waals surface area contributed by atoms with E-state index in [0.717, 1.165) is 0 Å². The smallest absolute Gasteiger partial charge is 2.00 e. The molecule has 0 saturated heterocycles. The zero-order chi connectivity index (χ0) is 27.8. The van der Waals surface area contributed by atoms with Crippen molar-refractivity contribution >= 4 is 86.5 Å². The van der Waals surface area contributed by atoms with Crippen LogP contribution >= 0.6 is 35.9 Å². The standard InChI is InChI=1S/2C14H15O2PS2.2S.3Zn/c2*1-11-3-7-13(8-4-11)15-17(18,19)16-14-9-5-12(2)6-10-14;;;;;/h2*3-10H,1-2H3,(H,18,19);;;;;/q;;2*-2;3*+2. The third kappa shape index (κ3) is 19.2. The van der Waals surface area contributed by atoms with Gasteiger partial charge in [-0.25, -0.2) is 0 Å². The van der Waals surface area contributed by atoms with Gasteiger partial charge in [0.25, 0.3) is 0 Å². The van der Waals surface area contributed by atoms with Crippen molar-refractivity contribution in [3.8, 4) is 23.0 Å². The number of hydrogen-bond acceptors (Lipinski definition) is 6. The summed E-state index contributed by atoms with van der Waals surface area (Å²) in [6, 6.07) is 30.6. The molecule has 0 radical (unpaired) electrons. The van der Waals surface area contributed by atoms with Crippen molar-refractivity contribution in [1.29, 1.82) is 0 Å². The van der Waals surface area contributed by atoms with E-state index in [1.807, 2.05) is 125 Å². The average molecular weight is 881 g/mol. The quantitative estimate of drug-likeness (QED) is 0.104. The third-order valence-electron chi connectivity index (χ3n) is 4.97. The van der Waals surface area contributed by atoms with Crippen LogP contribution in [0, 0.1) is 27.7 Å². The van der Waals surface area contributed by atoms with Crippen molar-refractivity contribution < 1.29 is 76.5 Å². The van der Waals surface area contributed by atoms with Crippen molar-refractivity contribution in [3.05, 3.63) is 119 Å². The fourth-order valence-corrected chi connectivity index (χ4v) is 6.76. The fraction of sp³-hybridized carbons (Fsp3) is 0.143. The Morgan fingerprint density at radius 1 is 0.395 bits per heavy atom. The molecule has 0 aliphatic carbocycles. The zero-order valence-electron chi connectivity index (χ0n) is 24.4. The molecule has 0 N–H and O–H groups in total. The molecule has 0 saturated carbocycles. The van der Waals surface area contributed by atoms with Crippen LogP contribution in [0.3, 0.4) is 0 Å². The summed E-state index contributed by atoms with van der Waals surface area (Å²) < 4.78 is 22.6. The van der Waals surface area contributed by atoms with Crippen molar-refractivity contribution in [2.75, 3.05) is 0 Å². The second-order valence-electron chi connectivity index (χ2n) is 8.55. The number of thiol groups is 2. The van der Waals surface area contributed by atoms with Crippen LogP contribution in [0.15, 0.2) is 97.1 Å². The summed E-state index contributed by atoms with van der Waals surface area (Å²) in [6.45, 7) is 8.07. The molecule has 0 heterocycles. The van der Waals surface area contributed by atoms with E-state index in [2.05, 4.69) is 24.5 Å². The van der Waals surface area contributed by atoms with Gasteiger partial charge in [-0.2, -0.15) is 0 Å². The summed E-state index contributed by atoms with van der Waals surface area (Å²) in [5.74, 6) is 2.71. The van der Waals surface area contributed by atoms with Crippen LogP contribution in [0.5, 0.6) is 23.0 Å². The van der Waals surface area contributed by atoms with Crippen LogP contribution < -0.4 is 18.1 Å². The molecule has 0 unspecified atom stereocenters. The molecule has 15 heteroatoms. The third-order valence-corrected chi connectivity index (χ3v) is 8.61. The van der Waals surface area contributed by atoms with E-state index in [4.69, 9.17) is 41.7 Å². The van der Waals surface area contributed by atoms with E-state index in [1.54, 1.807) is 0 Å². The first kappa shape index (κ1) is 48.1. The minimum atomic E-state index is -2.64. The van der Waals surface area contributed by atoms with Crippen LogP contribution in [0.2, 0.25) is 0 Å². The molecule has 0 amide bonds. The fourth-order valence-electron chi connectivity index (χ4n) is 2.97. The first-order valence-electron chi connectivity index (χ1n) is 11.6. The molecule has 43 heavy (non-hydrogen) atoms. The molecular weight excluding hydrogens is 851 g/mol. The van der Waals surface area contributed by atoms with Gasteiger partial charge < -0.3 is 45.1 Å². The minimum absolute atomic E-state index is 0. The Bertz CT molecular complexity index is 1220. The predicted octanol–water partition coefficient (Wildman–Crippen LogP) is 9.82. The molecule has 4 rings (SSSR count). The number of hydrogen-bond donors (Lipinski definition) is 2. The topological polar surface area (TPSA) is 36.9 Å². The van der Waals surface area contributed by atoms with E-state index in [1.165, 1.54) is 22.3 Å². The van der Waals surface area contributed by atoms with Gasteiger partial charge >= 0.3 is 69.8 Å². The normalized spacial score (nSPS) is 9.81. The van der Waals surface area contributed by atoms with E-state index in [-0.39, 0.29) is 85.4 Å². The molecule has 0 bridgehead atoms. The molecule has 0 spiro atoms. The Labute approximate surface area is 329 Å². The maximum atomic E-state index is 5.66. The van der Waals surface area contributed by atoms with Gasteiger partial charge in [-0.05, 0) is 99.8 Å². The van der Waals surface area contributed by atoms with Crippen LogP contribution in [0.25, 0.3) is 0 Å². The molecule has 4 aromatic rings.